The van der Waals surface area contributed by atoms with E-state index in [2.05, 4.69) is 27.5 Å². The number of amides is 2. The van der Waals surface area contributed by atoms with Gasteiger partial charge in [-0.3, -0.25) is 29.5 Å². The molecule has 32 heavy (non-hydrogen) atoms. The lowest BCUT2D eigenvalue weighted by atomic mass is 9.92. The van der Waals surface area contributed by atoms with E-state index in [0.29, 0.717) is 5.95 Å². The van der Waals surface area contributed by atoms with Crippen molar-refractivity contribution in [1.82, 2.24) is 9.97 Å². The normalized spacial score (nSPS) is 20.3. The number of non-ortho nitro benzene ring substituents is 1. The molecule has 168 valence electrons. The van der Waals surface area contributed by atoms with Gasteiger partial charge in [0.25, 0.3) is 11.2 Å². The molecule has 0 unspecified atom stereocenters. The molecule has 2 amide bonds. The summed E-state index contributed by atoms with van der Waals surface area (Å²) in [5.74, 6) is -1.62. The monoisotopic (exact) mass is 440 g/mol. The zero-order chi connectivity index (χ0) is 22.8. The minimum Gasteiger partial charge on any atom is -0.339 e. The predicted octanol–water partition coefficient (Wildman–Crippen LogP) is 2.51. The Hall–Kier alpha value is -3.76. The maximum atomic E-state index is 13.0. The van der Waals surface area contributed by atoms with Crippen molar-refractivity contribution in [3.63, 3.8) is 0 Å². The van der Waals surface area contributed by atoms with E-state index in [1.165, 1.54) is 24.3 Å². The largest absolute Gasteiger partial charge is 0.339 e. The Bertz CT molecular complexity index is 1130. The lowest BCUT2D eigenvalue weighted by molar-refractivity contribution is -0.384. The first kappa shape index (κ1) is 21.5. The van der Waals surface area contributed by atoms with Crippen LogP contribution in [0.3, 0.4) is 0 Å². The number of piperidine rings is 1. The predicted molar refractivity (Wildman–Crippen MR) is 118 cm³/mol. The van der Waals surface area contributed by atoms with Gasteiger partial charge in [-0.15, -0.1) is 0 Å². The van der Waals surface area contributed by atoms with Gasteiger partial charge >= 0.3 is 0 Å². The van der Waals surface area contributed by atoms with Crippen LogP contribution in [-0.2, 0) is 9.59 Å². The van der Waals surface area contributed by atoms with Crippen LogP contribution in [0.15, 0.2) is 29.1 Å². The van der Waals surface area contributed by atoms with Gasteiger partial charge in [-0.1, -0.05) is 13.0 Å². The Kier molecular flexibility index (Phi) is 5.89. The van der Waals surface area contributed by atoms with E-state index in [0.717, 1.165) is 32.2 Å². The fraction of sp³-hybridized carbons (Fsp3) is 0.429. The highest BCUT2D eigenvalue weighted by Crippen LogP contribution is 2.32. The molecule has 3 N–H and O–H groups in total. The summed E-state index contributed by atoms with van der Waals surface area (Å²) >= 11 is 0. The number of fused-ring (bicyclic) bond motifs is 1. The average Bonchev–Trinajstić information content (AvgIpc) is 2.78. The maximum absolute atomic E-state index is 13.0. The molecule has 3 heterocycles. The first-order valence-corrected chi connectivity index (χ1v) is 10.6. The number of H-pyrrole nitrogens is 1. The highest BCUT2D eigenvalue weighted by molar-refractivity contribution is 6.04. The summed E-state index contributed by atoms with van der Waals surface area (Å²) in [6, 6.07) is 5.71. The smallest absolute Gasteiger partial charge is 0.271 e. The number of aromatic nitrogens is 2. The highest BCUT2D eigenvalue weighted by atomic mass is 16.6. The molecule has 0 spiro atoms. The number of aromatic amines is 1. The van der Waals surface area contributed by atoms with E-state index in [4.69, 9.17) is 0 Å². The van der Waals surface area contributed by atoms with Crippen molar-refractivity contribution < 1.29 is 14.5 Å². The molecule has 2 aromatic rings. The van der Waals surface area contributed by atoms with E-state index < -0.39 is 28.2 Å². The number of nitrogens with one attached hydrogen (secondary N) is 3. The number of hydrogen-bond donors (Lipinski definition) is 3. The van der Waals surface area contributed by atoms with Gasteiger partial charge in [0.1, 0.15) is 5.82 Å². The number of nitrogens with zero attached hydrogens (tertiary/aromatic N) is 3. The Morgan fingerprint density at radius 1 is 1.34 bits per heavy atom. The van der Waals surface area contributed by atoms with Crippen LogP contribution in [0.1, 0.15) is 50.5 Å². The number of carbonyl (C=O) groups is 2. The second kappa shape index (κ2) is 8.77. The molecule has 0 bridgehead atoms. The van der Waals surface area contributed by atoms with Crippen LogP contribution in [0.4, 0.5) is 23.1 Å². The summed E-state index contributed by atoms with van der Waals surface area (Å²) < 4.78 is 0. The van der Waals surface area contributed by atoms with Crippen molar-refractivity contribution in [2.45, 2.75) is 51.0 Å². The molecular formula is C21H24N6O5. The van der Waals surface area contributed by atoms with Crippen molar-refractivity contribution in [3.05, 3.63) is 50.3 Å². The molecule has 1 aromatic heterocycles. The number of rotatable bonds is 5. The maximum Gasteiger partial charge on any atom is 0.271 e. The molecule has 11 nitrogen and oxygen atoms in total. The molecule has 2 atom stereocenters. The van der Waals surface area contributed by atoms with Gasteiger partial charge in [0, 0.05) is 36.8 Å². The van der Waals surface area contributed by atoms with E-state index in [9.17, 15) is 24.5 Å². The second-order valence-corrected chi connectivity index (χ2v) is 8.00. The lowest BCUT2D eigenvalue weighted by Crippen LogP contribution is -2.43. The minimum atomic E-state index is -1.06. The summed E-state index contributed by atoms with van der Waals surface area (Å²) in [7, 11) is 0. The van der Waals surface area contributed by atoms with Gasteiger partial charge < -0.3 is 15.5 Å². The van der Waals surface area contributed by atoms with Crippen LogP contribution in [-0.4, -0.2) is 39.3 Å². The summed E-state index contributed by atoms with van der Waals surface area (Å²) in [6.07, 6.45) is 3.77. The van der Waals surface area contributed by atoms with Crippen molar-refractivity contribution in [2.75, 3.05) is 22.1 Å². The Morgan fingerprint density at radius 3 is 2.91 bits per heavy atom. The quantitative estimate of drug-likeness (QED) is 0.477. The van der Waals surface area contributed by atoms with E-state index in [1.54, 1.807) is 0 Å². The summed E-state index contributed by atoms with van der Waals surface area (Å²) in [5.41, 5.74) is -0.372. The summed E-state index contributed by atoms with van der Waals surface area (Å²) in [4.78, 5) is 58.0. The molecule has 0 aliphatic carbocycles. The van der Waals surface area contributed by atoms with E-state index >= 15 is 0 Å². The van der Waals surface area contributed by atoms with Gasteiger partial charge in [-0.05, 0) is 31.7 Å². The lowest BCUT2D eigenvalue weighted by Gasteiger charge is -2.36. The van der Waals surface area contributed by atoms with Gasteiger partial charge in [0.05, 0.1) is 16.4 Å². The standard InChI is InChI=1S/C21H24N6O5/c1-2-13-7-3-4-9-26(13)21-24-18-17(20(30)25-21)15(11-16(28)23-18)19(29)22-12-6-5-8-14(10-12)27(31)32/h5-6,8,10,13,15H,2-4,7,9,11H2,1H3,(H,22,29)(H2,23,24,25,28,30)/t13-,15-/m1/s1. The molecule has 1 aromatic carbocycles. The minimum absolute atomic E-state index is 0.0830. The fourth-order valence-electron chi connectivity index (χ4n) is 4.35. The number of nitro groups is 1. The zero-order valence-electron chi connectivity index (χ0n) is 17.6. The fourth-order valence-corrected chi connectivity index (χ4v) is 4.35. The van der Waals surface area contributed by atoms with Crippen molar-refractivity contribution in [1.29, 1.82) is 0 Å². The molecule has 0 radical (unpaired) electrons. The molecule has 2 aliphatic heterocycles. The topological polar surface area (TPSA) is 150 Å². The SMILES string of the molecule is CC[C@@H]1CCCCN1c1nc2c(c(=O)[nH]1)[C@H](C(=O)Nc1cccc([N+](=O)[O-])c1)CC(=O)N2. The van der Waals surface area contributed by atoms with Crippen LogP contribution in [0, 0.1) is 10.1 Å². The van der Waals surface area contributed by atoms with Gasteiger partial charge in [0.15, 0.2) is 0 Å². The Balaban J connectivity index is 1.65. The molecular weight excluding hydrogens is 416 g/mol. The van der Waals surface area contributed by atoms with Crippen molar-refractivity contribution in [3.8, 4) is 0 Å². The third-order valence-corrected chi connectivity index (χ3v) is 5.95. The van der Waals surface area contributed by atoms with Crippen LogP contribution < -0.4 is 21.1 Å². The van der Waals surface area contributed by atoms with Crippen molar-refractivity contribution in [2.24, 2.45) is 0 Å². The van der Waals surface area contributed by atoms with Crippen LogP contribution in [0.25, 0.3) is 0 Å². The van der Waals surface area contributed by atoms with Gasteiger partial charge in [0.2, 0.25) is 17.8 Å². The van der Waals surface area contributed by atoms with Gasteiger partial charge in [-0.25, -0.2) is 0 Å². The third-order valence-electron chi connectivity index (χ3n) is 5.95. The Labute approximate surface area is 183 Å². The van der Waals surface area contributed by atoms with Crippen LogP contribution in [0.5, 0.6) is 0 Å². The number of benzene rings is 1. The average molecular weight is 440 g/mol. The first-order valence-electron chi connectivity index (χ1n) is 10.6. The molecule has 11 heteroatoms. The number of nitro benzene ring substituents is 1. The van der Waals surface area contributed by atoms with Crippen LogP contribution >= 0.6 is 0 Å². The number of carbonyl (C=O) groups excluding carboxylic acids is 2. The van der Waals surface area contributed by atoms with Crippen LogP contribution in [0.2, 0.25) is 0 Å². The Morgan fingerprint density at radius 2 is 2.16 bits per heavy atom. The van der Waals surface area contributed by atoms with Crippen molar-refractivity contribution >= 4 is 35.0 Å². The molecule has 1 fully saturated rings. The zero-order valence-corrected chi connectivity index (χ0v) is 17.6. The summed E-state index contributed by atoms with van der Waals surface area (Å²) in [6.45, 7) is 2.83. The second-order valence-electron chi connectivity index (χ2n) is 8.00. The third kappa shape index (κ3) is 4.18. The summed E-state index contributed by atoms with van der Waals surface area (Å²) in [5, 5.41) is 16.2. The van der Waals surface area contributed by atoms with E-state index in [-0.39, 0.29) is 35.2 Å². The molecule has 4 rings (SSSR count). The number of hydrogen-bond acceptors (Lipinski definition) is 7. The molecule has 0 saturated carbocycles. The first-order chi connectivity index (χ1) is 15.4. The molecule has 2 aliphatic rings. The van der Waals surface area contributed by atoms with E-state index in [1.807, 2.05) is 4.90 Å². The van der Waals surface area contributed by atoms with Gasteiger partial charge in [-0.2, -0.15) is 4.98 Å². The highest BCUT2D eigenvalue weighted by Gasteiger charge is 2.36. The number of anilines is 3. The molecule has 1 saturated heterocycles.